The quantitative estimate of drug-likeness (QED) is 0.213. The Balaban J connectivity index is 1.26. The fraction of sp³-hybridized carbons (Fsp3) is 0.345. The molecule has 38 heavy (non-hydrogen) atoms. The Morgan fingerprint density at radius 3 is 2.50 bits per heavy atom. The molecule has 1 aliphatic rings. The van der Waals surface area contributed by atoms with Crippen molar-refractivity contribution < 1.29 is 4.79 Å². The molecule has 2 aromatic carbocycles. The second-order valence-corrected chi connectivity index (χ2v) is 10.8. The van der Waals surface area contributed by atoms with E-state index in [4.69, 9.17) is 16.6 Å². The van der Waals surface area contributed by atoms with Crippen LogP contribution in [0.4, 0.5) is 5.82 Å². The van der Waals surface area contributed by atoms with E-state index in [1.54, 1.807) is 11.8 Å². The number of thioether (sulfide) groups is 1. The second-order valence-electron chi connectivity index (χ2n) is 9.48. The van der Waals surface area contributed by atoms with Gasteiger partial charge in [0, 0.05) is 63.2 Å². The van der Waals surface area contributed by atoms with Gasteiger partial charge in [-0.3, -0.25) is 9.69 Å². The molecular formula is C29H35ClN6OS. The topological polar surface area (TPSA) is 64.6 Å². The molecule has 0 aliphatic carbocycles. The van der Waals surface area contributed by atoms with Gasteiger partial charge >= 0.3 is 0 Å². The number of nitrogens with zero attached hydrogens (tertiary/aromatic N) is 5. The molecule has 9 heteroatoms. The molecule has 1 aromatic heterocycles. The molecule has 200 valence electrons. The highest BCUT2D eigenvalue weighted by Crippen LogP contribution is 2.25. The molecule has 0 saturated carbocycles. The Labute approximate surface area is 234 Å². The summed E-state index contributed by atoms with van der Waals surface area (Å²) < 4.78 is 0. The number of hydrogen-bond donors (Lipinski definition) is 1. The lowest BCUT2D eigenvalue weighted by Crippen LogP contribution is -2.46. The van der Waals surface area contributed by atoms with Crippen LogP contribution in [0, 0.1) is 0 Å². The normalized spacial score (nSPS) is 14.4. The fourth-order valence-corrected chi connectivity index (χ4v) is 5.11. The Morgan fingerprint density at radius 1 is 1.05 bits per heavy atom. The molecule has 4 rings (SSSR count). The maximum Gasteiger partial charge on any atom is 0.251 e. The van der Waals surface area contributed by atoms with E-state index in [2.05, 4.69) is 56.5 Å². The predicted molar refractivity (Wildman–Crippen MR) is 158 cm³/mol. The Kier molecular flexibility index (Phi) is 10.6. The Morgan fingerprint density at radius 2 is 1.79 bits per heavy atom. The average Bonchev–Trinajstić information content (AvgIpc) is 2.92. The molecule has 1 amide bonds. The summed E-state index contributed by atoms with van der Waals surface area (Å²) in [5.41, 5.74) is 2.99. The number of amides is 1. The van der Waals surface area contributed by atoms with E-state index in [1.165, 1.54) is 5.56 Å². The molecule has 0 atom stereocenters. The number of carbonyl (C=O) groups is 1. The third-order valence-electron chi connectivity index (χ3n) is 6.26. The van der Waals surface area contributed by atoms with Crippen molar-refractivity contribution in [1.29, 1.82) is 0 Å². The molecule has 1 N–H and O–H groups in total. The predicted octanol–water partition coefficient (Wildman–Crippen LogP) is 4.55. The molecule has 7 nitrogen and oxygen atoms in total. The van der Waals surface area contributed by atoms with E-state index in [0.29, 0.717) is 28.2 Å². The van der Waals surface area contributed by atoms with Crippen LogP contribution in [0.3, 0.4) is 0 Å². The van der Waals surface area contributed by atoms with Crippen LogP contribution >= 0.6 is 23.4 Å². The highest BCUT2D eigenvalue weighted by Gasteiger charge is 2.18. The van der Waals surface area contributed by atoms with Crippen LogP contribution in [-0.2, 0) is 5.75 Å². The van der Waals surface area contributed by atoms with Crippen molar-refractivity contribution in [1.82, 2.24) is 25.1 Å². The smallest absolute Gasteiger partial charge is 0.251 e. The van der Waals surface area contributed by atoms with Gasteiger partial charge in [0.1, 0.15) is 11.0 Å². The Bertz CT molecular complexity index is 1200. The summed E-state index contributed by atoms with van der Waals surface area (Å²) in [7, 11) is 3.97. The zero-order valence-corrected chi connectivity index (χ0v) is 23.6. The van der Waals surface area contributed by atoms with Crippen LogP contribution in [0.15, 0.2) is 71.9 Å². The molecule has 1 aliphatic heterocycles. The second kappa shape index (κ2) is 14.3. The average molecular weight is 551 g/mol. The number of anilines is 1. The summed E-state index contributed by atoms with van der Waals surface area (Å²) in [6.07, 6.45) is 4.40. The lowest BCUT2D eigenvalue weighted by atomic mass is 10.1. The van der Waals surface area contributed by atoms with Crippen molar-refractivity contribution >= 4 is 41.2 Å². The van der Waals surface area contributed by atoms with Gasteiger partial charge in [-0.2, -0.15) is 0 Å². The molecule has 1 fully saturated rings. The molecule has 0 unspecified atom stereocenters. The standard InChI is InChI=1S/C29H35ClN6OS/c1-34(2)16-14-31-28(37)25-12-10-24(11-13-25)22-38-29-32-26(30)21-27(33-29)36-19-17-35(18-20-36)15-6-9-23-7-4-3-5-8-23/h3-13,21H,14-20,22H2,1-2H3,(H,31,37)/b9-6+. The summed E-state index contributed by atoms with van der Waals surface area (Å²) in [5, 5.41) is 4.05. The summed E-state index contributed by atoms with van der Waals surface area (Å²) in [4.78, 5) is 28.3. The minimum Gasteiger partial charge on any atom is -0.354 e. The van der Waals surface area contributed by atoms with E-state index in [0.717, 1.165) is 50.6 Å². The number of benzene rings is 2. The third-order valence-corrected chi connectivity index (χ3v) is 7.37. The highest BCUT2D eigenvalue weighted by atomic mass is 35.5. The van der Waals surface area contributed by atoms with Gasteiger partial charge in [0.25, 0.3) is 5.91 Å². The van der Waals surface area contributed by atoms with Gasteiger partial charge in [-0.15, -0.1) is 0 Å². The number of nitrogens with one attached hydrogen (secondary N) is 1. The zero-order chi connectivity index (χ0) is 26.7. The third kappa shape index (κ3) is 8.84. The van der Waals surface area contributed by atoms with Gasteiger partial charge in [0.15, 0.2) is 5.16 Å². The molecule has 0 spiro atoms. The van der Waals surface area contributed by atoms with Gasteiger partial charge in [0.2, 0.25) is 0 Å². The lowest BCUT2D eigenvalue weighted by molar-refractivity contribution is 0.0951. The van der Waals surface area contributed by atoms with Crippen molar-refractivity contribution in [3.63, 3.8) is 0 Å². The molecular weight excluding hydrogens is 516 g/mol. The summed E-state index contributed by atoms with van der Waals surface area (Å²) >= 11 is 7.91. The zero-order valence-electron chi connectivity index (χ0n) is 22.0. The molecule has 3 aromatic rings. The van der Waals surface area contributed by atoms with E-state index >= 15 is 0 Å². The van der Waals surface area contributed by atoms with Crippen molar-refractivity contribution in [2.75, 3.05) is 64.8 Å². The first-order chi connectivity index (χ1) is 18.5. The van der Waals surface area contributed by atoms with Gasteiger partial charge in [-0.05, 0) is 37.4 Å². The number of piperazine rings is 1. The van der Waals surface area contributed by atoms with E-state index < -0.39 is 0 Å². The van der Waals surface area contributed by atoms with Gasteiger partial charge < -0.3 is 15.1 Å². The van der Waals surface area contributed by atoms with Crippen molar-refractivity contribution in [3.05, 3.63) is 88.6 Å². The van der Waals surface area contributed by atoms with Crippen LogP contribution in [0.25, 0.3) is 6.08 Å². The van der Waals surface area contributed by atoms with E-state index in [9.17, 15) is 4.79 Å². The van der Waals surface area contributed by atoms with Gasteiger partial charge in [-0.25, -0.2) is 9.97 Å². The number of halogens is 1. The maximum atomic E-state index is 12.3. The van der Waals surface area contributed by atoms with Crippen LogP contribution in [0.2, 0.25) is 5.15 Å². The number of rotatable bonds is 11. The van der Waals surface area contributed by atoms with Crippen molar-refractivity contribution in [2.24, 2.45) is 0 Å². The molecule has 0 radical (unpaired) electrons. The fourth-order valence-electron chi connectivity index (χ4n) is 4.07. The number of hydrogen-bond acceptors (Lipinski definition) is 7. The van der Waals surface area contributed by atoms with Crippen LogP contribution < -0.4 is 10.2 Å². The minimum absolute atomic E-state index is 0.0545. The van der Waals surface area contributed by atoms with E-state index in [-0.39, 0.29) is 5.91 Å². The van der Waals surface area contributed by atoms with Crippen LogP contribution in [-0.4, -0.2) is 85.6 Å². The summed E-state index contributed by atoms with van der Waals surface area (Å²) in [5.74, 6) is 1.52. The number of aromatic nitrogens is 2. The largest absolute Gasteiger partial charge is 0.354 e. The van der Waals surface area contributed by atoms with Gasteiger partial charge in [-0.1, -0.05) is 78.0 Å². The van der Waals surface area contributed by atoms with Crippen molar-refractivity contribution in [3.8, 4) is 0 Å². The monoisotopic (exact) mass is 550 g/mol. The SMILES string of the molecule is CN(C)CCNC(=O)c1ccc(CSc2nc(Cl)cc(N3CCN(C/C=C/c4ccccc4)CC3)n2)cc1. The highest BCUT2D eigenvalue weighted by molar-refractivity contribution is 7.98. The van der Waals surface area contributed by atoms with Gasteiger partial charge in [0.05, 0.1) is 0 Å². The van der Waals surface area contributed by atoms with Crippen LogP contribution in [0.5, 0.6) is 0 Å². The van der Waals surface area contributed by atoms with E-state index in [1.807, 2.05) is 55.4 Å². The first-order valence-corrected chi connectivity index (χ1v) is 14.2. The van der Waals surface area contributed by atoms with Crippen LogP contribution in [0.1, 0.15) is 21.5 Å². The first-order valence-electron chi connectivity index (χ1n) is 12.8. The molecule has 2 heterocycles. The summed E-state index contributed by atoms with van der Waals surface area (Å²) in [6.45, 7) is 6.10. The lowest BCUT2D eigenvalue weighted by Gasteiger charge is -2.35. The molecule has 0 bridgehead atoms. The molecule has 1 saturated heterocycles. The number of carbonyl (C=O) groups excluding carboxylic acids is 1. The summed E-state index contributed by atoms with van der Waals surface area (Å²) in [6, 6.07) is 19.9. The number of likely N-dealkylation sites (N-methyl/N-ethyl adjacent to an activating group) is 1. The first kappa shape index (κ1) is 28.1. The van der Waals surface area contributed by atoms with Crippen molar-refractivity contribution in [2.45, 2.75) is 10.9 Å². The minimum atomic E-state index is -0.0545. The maximum absolute atomic E-state index is 12.3. The Hall–Kier alpha value is -2.91.